The fraction of sp³-hybridized carbons (Fsp3) is 0.300. The zero-order valence-corrected chi connectivity index (χ0v) is 22.5. The topological polar surface area (TPSA) is 107 Å². The summed E-state index contributed by atoms with van der Waals surface area (Å²) < 4.78 is 41.6. The molecule has 0 unspecified atom stereocenters. The molecule has 1 aliphatic heterocycles. The number of fused-ring (bicyclic) bond motifs is 1. The number of hydrogen-bond donors (Lipinski definition) is 1. The average Bonchev–Trinajstić information content (AvgIpc) is 3.36. The van der Waals surface area contributed by atoms with Gasteiger partial charge >= 0.3 is 6.18 Å². The maximum absolute atomic E-state index is 13.3. The monoisotopic (exact) mass is 562 g/mol. The second kappa shape index (κ2) is 11.1. The van der Waals surface area contributed by atoms with Crippen LogP contribution in [0.5, 0.6) is 0 Å². The number of carbonyl (C=O) groups excluding carboxylic acids is 2. The molecule has 1 amide bonds. The molecule has 41 heavy (non-hydrogen) atoms. The number of nitrogens with two attached hydrogens (primary N) is 1. The third-order valence-electron chi connectivity index (χ3n) is 7.55. The molecule has 8 nitrogen and oxygen atoms in total. The highest BCUT2D eigenvalue weighted by Gasteiger charge is 2.33. The second-order valence-corrected chi connectivity index (χ2v) is 10.1. The minimum atomic E-state index is -4.51. The predicted molar refractivity (Wildman–Crippen MR) is 149 cm³/mol. The van der Waals surface area contributed by atoms with Gasteiger partial charge in [-0.3, -0.25) is 9.59 Å². The number of alkyl halides is 3. The van der Waals surface area contributed by atoms with Crippen molar-refractivity contribution in [3.05, 3.63) is 83.7 Å². The summed E-state index contributed by atoms with van der Waals surface area (Å²) in [5.41, 5.74) is 8.30. The van der Waals surface area contributed by atoms with Crippen molar-refractivity contribution in [3.8, 4) is 11.3 Å². The molecule has 1 aliphatic rings. The van der Waals surface area contributed by atoms with Crippen LogP contribution in [0.3, 0.4) is 0 Å². The van der Waals surface area contributed by atoms with Gasteiger partial charge in [-0.15, -0.1) is 0 Å². The van der Waals surface area contributed by atoms with E-state index in [0.717, 1.165) is 30.0 Å². The van der Waals surface area contributed by atoms with Gasteiger partial charge in [0.15, 0.2) is 11.4 Å². The first-order valence-electron chi connectivity index (χ1n) is 13.3. The fourth-order valence-electron chi connectivity index (χ4n) is 5.40. The molecule has 0 aliphatic carbocycles. The van der Waals surface area contributed by atoms with E-state index in [1.54, 1.807) is 4.90 Å². The van der Waals surface area contributed by atoms with E-state index >= 15 is 0 Å². The SMILES string of the molecule is C=CC(=O)N1CCC[C@@H](n2nc(-c3ccc(CCC(=O)c4cccc(C(F)(F)F)c4C)cc3)c3c(N)ncnc32)C1. The molecule has 0 bridgehead atoms. The third kappa shape index (κ3) is 5.57. The molecule has 4 aromatic rings. The highest BCUT2D eigenvalue weighted by atomic mass is 19.4. The molecule has 11 heteroatoms. The molecule has 3 heterocycles. The molecule has 0 saturated carbocycles. The van der Waals surface area contributed by atoms with Crippen molar-refractivity contribution in [1.29, 1.82) is 0 Å². The number of hydrogen-bond acceptors (Lipinski definition) is 6. The Morgan fingerprint density at radius 1 is 1.15 bits per heavy atom. The number of nitrogens with zero attached hydrogens (tertiary/aromatic N) is 5. The number of amides is 1. The molecular weight excluding hydrogens is 533 g/mol. The number of Topliss-reactive ketones (excluding diaryl/α,β-unsaturated/α-hetero) is 1. The van der Waals surface area contributed by atoms with Crippen LogP contribution in [0.2, 0.25) is 0 Å². The number of rotatable bonds is 7. The Labute approximate surface area is 234 Å². The van der Waals surface area contributed by atoms with Gasteiger partial charge in [0, 0.05) is 30.6 Å². The smallest absolute Gasteiger partial charge is 0.383 e. The first-order valence-corrected chi connectivity index (χ1v) is 13.3. The third-order valence-corrected chi connectivity index (χ3v) is 7.55. The van der Waals surface area contributed by atoms with Gasteiger partial charge in [-0.2, -0.15) is 18.3 Å². The maximum atomic E-state index is 13.3. The van der Waals surface area contributed by atoms with Crippen LogP contribution in [0, 0.1) is 6.92 Å². The predicted octanol–water partition coefficient (Wildman–Crippen LogP) is 5.57. The van der Waals surface area contributed by atoms with Gasteiger partial charge in [0.25, 0.3) is 0 Å². The molecular formula is C30H29F3N6O2. The van der Waals surface area contributed by atoms with Crippen LogP contribution in [0.25, 0.3) is 22.3 Å². The van der Waals surface area contributed by atoms with E-state index in [0.29, 0.717) is 36.2 Å². The van der Waals surface area contributed by atoms with Crippen molar-refractivity contribution < 1.29 is 22.8 Å². The van der Waals surface area contributed by atoms with E-state index in [9.17, 15) is 22.8 Å². The lowest BCUT2D eigenvalue weighted by Gasteiger charge is -2.32. The van der Waals surface area contributed by atoms with Crippen LogP contribution >= 0.6 is 0 Å². The van der Waals surface area contributed by atoms with Crippen molar-refractivity contribution in [3.63, 3.8) is 0 Å². The van der Waals surface area contributed by atoms with Gasteiger partial charge in [-0.25, -0.2) is 14.6 Å². The Kier molecular flexibility index (Phi) is 7.61. The van der Waals surface area contributed by atoms with Crippen molar-refractivity contribution in [2.45, 2.75) is 44.8 Å². The van der Waals surface area contributed by atoms with Crippen LogP contribution in [-0.2, 0) is 17.4 Å². The highest BCUT2D eigenvalue weighted by Crippen LogP contribution is 2.35. The van der Waals surface area contributed by atoms with Gasteiger partial charge in [-0.05, 0) is 49.5 Å². The van der Waals surface area contributed by atoms with E-state index in [1.807, 2.05) is 28.9 Å². The molecule has 2 aromatic carbocycles. The van der Waals surface area contributed by atoms with Crippen LogP contribution in [0.15, 0.2) is 61.4 Å². The van der Waals surface area contributed by atoms with Crippen LogP contribution in [0.4, 0.5) is 19.0 Å². The summed E-state index contributed by atoms with van der Waals surface area (Å²) in [5, 5.41) is 5.48. The maximum Gasteiger partial charge on any atom is 0.416 e. The standard InChI is InChI=1S/C30H29F3N6O2/c1-3-25(41)38-15-5-6-21(16-38)39-29-26(28(34)35-17-36-29)27(37-39)20-12-9-19(10-13-20)11-14-24(40)22-7-4-8-23(18(22)2)30(31,32)33/h3-4,7-10,12-13,17,21H,1,5-6,11,14-16H2,2H3,(H2,34,35,36)/t21-/m1/s1. The van der Waals surface area contributed by atoms with E-state index in [4.69, 9.17) is 10.8 Å². The van der Waals surface area contributed by atoms with E-state index in [-0.39, 0.29) is 41.1 Å². The summed E-state index contributed by atoms with van der Waals surface area (Å²) in [6.45, 7) is 6.05. The Morgan fingerprint density at radius 3 is 2.61 bits per heavy atom. The van der Waals surface area contributed by atoms with Gasteiger partial charge in [0.1, 0.15) is 17.8 Å². The number of halogens is 3. The Balaban J connectivity index is 1.37. The summed E-state index contributed by atoms with van der Waals surface area (Å²) in [7, 11) is 0. The second-order valence-electron chi connectivity index (χ2n) is 10.1. The molecule has 1 fully saturated rings. The molecule has 0 radical (unpaired) electrons. The number of ketones is 1. The molecule has 1 saturated heterocycles. The summed E-state index contributed by atoms with van der Waals surface area (Å²) in [6, 6.07) is 11.0. The average molecular weight is 563 g/mol. The number of carbonyl (C=O) groups is 2. The fourth-order valence-corrected chi connectivity index (χ4v) is 5.40. The lowest BCUT2D eigenvalue weighted by atomic mass is 9.95. The van der Waals surface area contributed by atoms with Crippen molar-refractivity contribution in [2.75, 3.05) is 18.8 Å². The Morgan fingerprint density at radius 2 is 1.90 bits per heavy atom. The molecule has 212 valence electrons. The van der Waals surface area contributed by atoms with Crippen molar-refractivity contribution >= 4 is 28.5 Å². The van der Waals surface area contributed by atoms with E-state index < -0.39 is 11.7 Å². The number of aryl methyl sites for hydroxylation is 1. The quantitative estimate of drug-likeness (QED) is 0.233. The summed E-state index contributed by atoms with van der Waals surface area (Å²) >= 11 is 0. The van der Waals surface area contributed by atoms with E-state index in [1.165, 1.54) is 31.5 Å². The molecule has 1 atom stereocenters. The first kappa shape index (κ1) is 28.0. The van der Waals surface area contributed by atoms with Gasteiger partial charge in [0.2, 0.25) is 5.91 Å². The molecule has 2 aromatic heterocycles. The van der Waals surface area contributed by atoms with Crippen molar-refractivity contribution in [2.24, 2.45) is 0 Å². The largest absolute Gasteiger partial charge is 0.416 e. The minimum Gasteiger partial charge on any atom is -0.383 e. The molecule has 0 spiro atoms. The number of aromatic nitrogens is 4. The first-order chi connectivity index (χ1) is 19.6. The lowest BCUT2D eigenvalue weighted by molar-refractivity contribution is -0.138. The Bertz CT molecular complexity index is 1630. The molecule has 5 rings (SSSR count). The summed E-state index contributed by atoms with van der Waals surface area (Å²) in [5.74, 6) is -0.182. The number of piperidine rings is 1. The minimum absolute atomic E-state index is 0.0578. The van der Waals surface area contributed by atoms with Crippen LogP contribution in [0.1, 0.15) is 52.4 Å². The number of likely N-dealkylation sites (tertiary alicyclic amines) is 1. The summed E-state index contributed by atoms with van der Waals surface area (Å²) in [6.07, 6.45) is 0.258. The summed E-state index contributed by atoms with van der Waals surface area (Å²) in [4.78, 5) is 35.4. The van der Waals surface area contributed by atoms with Gasteiger partial charge in [-0.1, -0.05) is 43.0 Å². The lowest BCUT2D eigenvalue weighted by Crippen LogP contribution is -2.40. The van der Waals surface area contributed by atoms with Crippen LogP contribution in [-0.4, -0.2) is 49.4 Å². The Hall–Kier alpha value is -4.54. The molecule has 2 N–H and O–H groups in total. The normalized spacial score (nSPS) is 15.7. The highest BCUT2D eigenvalue weighted by molar-refractivity contribution is 5.99. The zero-order valence-electron chi connectivity index (χ0n) is 22.5. The number of anilines is 1. The van der Waals surface area contributed by atoms with Gasteiger partial charge < -0.3 is 10.6 Å². The van der Waals surface area contributed by atoms with Gasteiger partial charge in [0.05, 0.1) is 17.0 Å². The number of nitrogen functional groups attached to an aromatic ring is 1. The van der Waals surface area contributed by atoms with Crippen LogP contribution < -0.4 is 5.73 Å². The van der Waals surface area contributed by atoms with Crippen molar-refractivity contribution in [1.82, 2.24) is 24.6 Å². The zero-order chi connectivity index (χ0) is 29.3. The van der Waals surface area contributed by atoms with E-state index in [2.05, 4.69) is 16.5 Å². The number of benzene rings is 2.